The minimum absolute atomic E-state index is 0.0775. The van der Waals surface area contributed by atoms with Gasteiger partial charge in [-0.3, -0.25) is 4.79 Å². The molecule has 0 aliphatic rings. The van der Waals surface area contributed by atoms with E-state index in [1.165, 1.54) is 4.68 Å². The summed E-state index contributed by atoms with van der Waals surface area (Å²) in [6, 6.07) is 7.17. The van der Waals surface area contributed by atoms with Gasteiger partial charge in [0.2, 0.25) is 0 Å². The van der Waals surface area contributed by atoms with Gasteiger partial charge >= 0.3 is 5.97 Å². The maximum Gasteiger partial charge on any atom is 0.309 e. The Morgan fingerprint density at radius 2 is 2.21 bits per heavy atom. The zero-order valence-electron chi connectivity index (χ0n) is 10.2. The Balaban J connectivity index is 2.50. The van der Waals surface area contributed by atoms with Gasteiger partial charge in [0, 0.05) is 0 Å². The van der Waals surface area contributed by atoms with Gasteiger partial charge < -0.3 is 9.84 Å². The number of para-hydroxylation sites is 2. The van der Waals surface area contributed by atoms with Crippen LogP contribution in [0.2, 0.25) is 5.15 Å². The lowest BCUT2D eigenvalue weighted by Gasteiger charge is -2.11. The standard InChI is InChI=1S/C12H12ClN3O3/c1-2-19-10-6-4-3-5-8(10)16-9(7-11(17)18)12(13)14-15-16/h3-6H,2,7H2,1H3,(H,17,18). The summed E-state index contributed by atoms with van der Waals surface area (Å²) in [6.07, 6.45) is -0.258. The number of nitrogens with zero attached hydrogens (tertiary/aromatic N) is 3. The molecule has 1 aromatic heterocycles. The molecule has 0 unspecified atom stereocenters. The summed E-state index contributed by atoms with van der Waals surface area (Å²) in [4.78, 5) is 10.9. The Bertz CT molecular complexity index is 598. The van der Waals surface area contributed by atoms with Crippen molar-refractivity contribution in [2.24, 2.45) is 0 Å². The maximum absolute atomic E-state index is 10.9. The van der Waals surface area contributed by atoms with Gasteiger partial charge in [-0.25, -0.2) is 4.68 Å². The number of benzene rings is 1. The van der Waals surface area contributed by atoms with Crippen molar-refractivity contribution in [2.75, 3.05) is 6.61 Å². The highest BCUT2D eigenvalue weighted by Gasteiger charge is 2.18. The summed E-state index contributed by atoms with van der Waals surface area (Å²) >= 11 is 5.87. The van der Waals surface area contributed by atoms with E-state index in [1.54, 1.807) is 18.2 Å². The van der Waals surface area contributed by atoms with Crippen LogP contribution in [0.15, 0.2) is 24.3 Å². The molecule has 1 aromatic carbocycles. The molecule has 7 heteroatoms. The third-order valence-electron chi connectivity index (χ3n) is 2.43. The van der Waals surface area contributed by atoms with Crippen LogP contribution < -0.4 is 4.74 Å². The molecule has 2 aromatic rings. The molecular formula is C12H12ClN3O3. The first kappa shape index (κ1) is 13.4. The van der Waals surface area contributed by atoms with Crippen molar-refractivity contribution in [3.8, 4) is 11.4 Å². The summed E-state index contributed by atoms with van der Waals surface area (Å²) in [7, 11) is 0. The minimum Gasteiger partial charge on any atom is -0.492 e. The van der Waals surface area contributed by atoms with Crippen LogP contribution in [-0.2, 0) is 11.2 Å². The zero-order valence-corrected chi connectivity index (χ0v) is 11.0. The Kier molecular flexibility index (Phi) is 4.01. The van der Waals surface area contributed by atoms with Crippen LogP contribution >= 0.6 is 11.6 Å². The molecule has 19 heavy (non-hydrogen) atoms. The smallest absolute Gasteiger partial charge is 0.309 e. The van der Waals surface area contributed by atoms with Crippen molar-refractivity contribution in [1.29, 1.82) is 0 Å². The molecule has 0 atom stereocenters. The van der Waals surface area contributed by atoms with Crippen LogP contribution in [-0.4, -0.2) is 32.7 Å². The average molecular weight is 282 g/mol. The predicted octanol–water partition coefficient (Wildman–Crippen LogP) is 1.95. The first-order valence-electron chi connectivity index (χ1n) is 5.67. The number of aromatic nitrogens is 3. The maximum atomic E-state index is 10.9. The fraction of sp³-hybridized carbons (Fsp3) is 0.250. The van der Waals surface area contributed by atoms with Gasteiger partial charge in [-0.2, -0.15) is 0 Å². The lowest BCUT2D eigenvalue weighted by atomic mass is 10.2. The molecule has 0 fully saturated rings. The minimum atomic E-state index is -1.00. The third kappa shape index (κ3) is 2.85. The molecule has 0 aliphatic heterocycles. The first-order valence-corrected chi connectivity index (χ1v) is 6.05. The molecule has 0 saturated heterocycles. The van der Waals surface area contributed by atoms with Crippen LogP contribution in [0.3, 0.4) is 0 Å². The SMILES string of the molecule is CCOc1ccccc1-n1nnc(Cl)c1CC(=O)O. The van der Waals surface area contributed by atoms with Crippen LogP contribution in [0.1, 0.15) is 12.6 Å². The molecule has 0 radical (unpaired) electrons. The van der Waals surface area contributed by atoms with Gasteiger partial charge in [0.25, 0.3) is 0 Å². The number of carbonyl (C=O) groups is 1. The Morgan fingerprint density at radius 3 is 2.89 bits per heavy atom. The summed E-state index contributed by atoms with van der Waals surface area (Å²) in [5, 5.41) is 16.6. The molecule has 6 nitrogen and oxygen atoms in total. The van der Waals surface area contributed by atoms with E-state index in [4.69, 9.17) is 21.4 Å². The molecular weight excluding hydrogens is 270 g/mol. The normalized spacial score (nSPS) is 10.4. The number of rotatable bonds is 5. The first-order chi connectivity index (χ1) is 9.13. The van der Waals surface area contributed by atoms with E-state index in [0.717, 1.165) is 0 Å². The van der Waals surface area contributed by atoms with Gasteiger partial charge in [-0.1, -0.05) is 28.9 Å². The lowest BCUT2D eigenvalue weighted by Crippen LogP contribution is -2.09. The van der Waals surface area contributed by atoms with E-state index in [1.807, 2.05) is 13.0 Å². The fourth-order valence-electron chi connectivity index (χ4n) is 1.68. The van der Waals surface area contributed by atoms with Crippen molar-refractivity contribution in [2.45, 2.75) is 13.3 Å². The van der Waals surface area contributed by atoms with E-state index in [0.29, 0.717) is 23.7 Å². The topological polar surface area (TPSA) is 77.2 Å². The van der Waals surface area contributed by atoms with E-state index < -0.39 is 5.97 Å². The van der Waals surface area contributed by atoms with Gasteiger partial charge in [0.1, 0.15) is 11.4 Å². The van der Waals surface area contributed by atoms with Crippen LogP contribution in [0, 0.1) is 0 Å². The van der Waals surface area contributed by atoms with Gasteiger partial charge in [-0.15, -0.1) is 5.10 Å². The quantitative estimate of drug-likeness (QED) is 0.906. The summed E-state index contributed by atoms with van der Waals surface area (Å²) in [5.74, 6) is -0.405. The number of carboxylic acid groups (broad SMARTS) is 1. The second-order valence-electron chi connectivity index (χ2n) is 3.71. The van der Waals surface area contributed by atoms with Crippen molar-refractivity contribution in [3.63, 3.8) is 0 Å². The number of hydrogen-bond acceptors (Lipinski definition) is 4. The van der Waals surface area contributed by atoms with Crippen molar-refractivity contribution >= 4 is 17.6 Å². The third-order valence-corrected chi connectivity index (χ3v) is 2.72. The Hall–Kier alpha value is -2.08. The van der Waals surface area contributed by atoms with Gasteiger partial charge in [0.15, 0.2) is 5.15 Å². The predicted molar refractivity (Wildman–Crippen MR) is 68.9 cm³/mol. The van der Waals surface area contributed by atoms with Crippen molar-refractivity contribution in [1.82, 2.24) is 15.0 Å². The second-order valence-corrected chi connectivity index (χ2v) is 4.07. The second kappa shape index (κ2) is 5.71. The van der Waals surface area contributed by atoms with Gasteiger partial charge in [0.05, 0.1) is 18.7 Å². The van der Waals surface area contributed by atoms with Gasteiger partial charge in [-0.05, 0) is 19.1 Å². The number of aliphatic carboxylic acids is 1. The van der Waals surface area contributed by atoms with Crippen molar-refractivity contribution in [3.05, 3.63) is 35.1 Å². The molecule has 0 bridgehead atoms. The highest BCUT2D eigenvalue weighted by atomic mass is 35.5. The lowest BCUT2D eigenvalue weighted by molar-refractivity contribution is -0.136. The average Bonchev–Trinajstić information content (AvgIpc) is 2.72. The summed E-state index contributed by atoms with van der Waals surface area (Å²) in [6.45, 7) is 2.36. The monoisotopic (exact) mass is 281 g/mol. The molecule has 0 aliphatic carbocycles. The van der Waals surface area contributed by atoms with Crippen LogP contribution in [0.4, 0.5) is 0 Å². The molecule has 0 amide bonds. The van der Waals surface area contributed by atoms with E-state index in [9.17, 15) is 4.79 Å². The van der Waals surface area contributed by atoms with E-state index >= 15 is 0 Å². The van der Waals surface area contributed by atoms with E-state index in [2.05, 4.69) is 10.3 Å². The number of ether oxygens (including phenoxy) is 1. The highest BCUT2D eigenvalue weighted by Crippen LogP contribution is 2.25. The highest BCUT2D eigenvalue weighted by molar-refractivity contribution is 6.30. The number of halogens is 1. The van der Waals surface area contributed by atoms with Crippen molar-refractivity contribution < 1.29 is 14.6 Å². The number of hydrogen-bond donors (Lipinski definition) is 1. The van der Waals surface area contributed by atoms with E-state index in [-0.39, 0.29) is 11.6 Å². The Labute approximate surface area is 114 Å². The number of carboxylic acids is 1. The fourth-order valence-corrected chi connectivity index (χ4v) is 1.86. The van der Waals surface area contributed by atoms with Crippen LogP contribution in [0.5, 0.6) is 5.75 Å². The zero-order chi connectivity index (χ0) is 13.8. The molecule has 2 rings (SSSR count). The van der Waals surface area contributed by atoms with Crippen LogP contribution in [0.25, 0.3) is 5.69 Å². The largest absolute Gasteiger partial charge is 0.492 e. The Morgan fingerprint density at radius 1 is 1.47 bits per heavy atom. The summed E-state index contributed by atoms with van der Waals surface area (Å²) < 4.78 is 6.87. The molecule has 1 N–H and O–H groups in total. The molecule has 100 valence electrons. The molecule has 1 heterocycles. The summed E-state index contributed by atoms with van der Waals surface area (Å²) in [5.41, 5.74) is 0.932. The molecule has 0 saturated carbocycles. The molecule has 0 spiro atoms.